The van der Waals surface area contributed by atoms with Gasteiger partial charge in [0.2, 0.25) is 0 Å². The Morgan fingerprint density at radius 1 is 1.04 bits per heavy atom. The lowest BCUT2D eigenvalue weighted by atomic mass is 10.1. The molecule has 3 N–H and O–H groups in total. The number of anilines is 1. The minimum Gasteiger partial charge on any atom is -0.508 e. The number of phenolic OH excluding ortho intramolecular Hbond substituents is 1. The summed E-state index contributed by atoms with van der Waals surface area (Å²) in [7, 11) is 0. The van der Waals surface area contributed by atoms with Crippen LogP contribution in [0.15, 0.2) is 47.6 Å². The molecule has 0 aliphatic heterocycles. The third kappa shape index (κ3) is 4.96. The molecule has 0 saturated heterocycles. The number of hydrazone groups is 1. The van der Waals surface area contributed by atoms with Gasteiger partial charge in [-0.05, 0) is 54.8 Å². The van der Waals surface area contributed by atoms with Crippen LogP contribution >= 0.6 is 0 Å². The molecule has 2 amide bonds. The van der Waals surface area contributed by atoms with Crippen LogP contribution in [0.2, 0.25) is 0 Å². The van der Waals surface area contributed by atoms with E-state index in [-0.39, 0.29) is 5.75 Å². The van der Waals surface area contributed by atoms with Crippen LogP contribution in [0, 0.1) is 13.8 Å². The minimum atomic E-state index is -0.874. The van der Waals surface area contributed by atoms with Crippen molar-refractivity contribution >= 4 is 23.7 Å². The number of carbonyl (C=O) groups is 2. The maximum atomic E-state index is 11.8. The van der Waals surface area contributed by atoms with Gasteiger partial charge in [0.05, 0.1) is 6.21 Å². The van der Waals surface area contributed by atoms with Crippen LogP contribution < -0.4 is 10.7 Å². The third-order valence-electron chi connectivity index (χ3n) is 2.94. The predicted octanol–water partition coefficient (Wildman–Crippen LogP) is 2.10. The van der Waals surface area contributed by atoms with Gasteiger partial charge in [-0.3, -0.25) is 9.59 Å². The number of nitrogens with one attached hydrogen (secondary N) is 2. The molecule has 0 fully saturated rings. The highest BCUT2D eigenvalue weighted by molar-refractivity contribution is 6.39. The number of phenols is 1. The molecular weight excluding hydrogens is 294 g/mol. The van der Waals surface area contributed by atoms with Gasteiger partial charge >= 0.3 is 11.8 Å². The first kappa shape index (κ1) is 16.2. The minimum absolute atomic E-state index is 0.0906. The maximum absolute atomic E-state index is 11.8. The van der Waals surface area contributed by atoms with Gasteiger partial charge in [-0.1, -0.05) is 18.2 Å². The summed E-state index contributed by atoms with van der Waals surface area (Å²) in [5, 5.41) is 15.5. The van der Waals surface area contributed by atoms with Gasteiger partial charge < -0.3 is 10.4 Å². The molecule has 0 atom stereocenters. The standard InChI is InChI=1S/C17H17N3O3/c1-11-6-12(2)8-14(7-11)19-16(22)17(23)20-18-10-13-4-3-5-15(21)9-13/h3-10,21H,1-2H3,(H,19,22)(H,20,23)/b18-10+. The Balaban J connectivity index is 1.93. The second kappa shape index (κ2) is 7.22. The number of aromatic hydroxyl groups is 1. The van der Waals surface area contributed by atoms with Gasteiger partial charge in [-0.15, -0.1) is 0 Å². The Labute approximate surface area is 133 Å². The third-order valence-corrected chi connectivity index (χ3v) is 2.94. The SMILES string of the molecule is Cc1cc(C)cc(NC(=O)C(=O)N/N=C/c2cccc(O)c2)c1. The highest BCUT2D eigenvalue weighted by Crippen LogP contribution is 2.13. The molecule has 6 nitrogen and oxygen atoms in total. The molecule has 2 aromatic rings. The van der Waals surface area contributed by atoms with E-state index < -0.39 is 11.8 Å². The second-order valence-corrected chi connectivity index (χ2v) is 5.12. The first-order valence-electron chi connectivity index (χ1n) is 6.96. The lowest BCUT2D eigenvalue weighted by molar-refractivity contribution is -0.136. The van der Waals surface area contributed by atoms with Crippen LogP contribution in [0.5, 0.6) is 5.75 Å². The van der Waals surface area contributed by atoms with Gasteiger partial charge in [-0.25, -0.2) is 5.43 Å². The van der Waals surface area contributed by atoms with Crippen molar-refractivity contribution in [3.63, 3.8) is 0 Å². The fraction of sp³-hybridized carbons (Fsp3) is 0.118. The van der Waals surface area contributed by atoms with Crippen LogP contribution in [0.1, 0.15) is 16.7 Å². The van der Waals surface area contributed by atoms with E-state index in [2.05, 4.69) is 15.8 Å². The lowest BCUT2D eigenvalue weighted by Gasteiger charge is -2.06. The summed E-state index contributed by atoms with van der Waals surface area (Å²) in [6.07, 6.45) is 1.34. The summed E-state index contributed by atoms with van der Waals surface area (Å²) in [4.78, 5) is 23.5. The topological polar surface area (TPSA) is 90.8 Å². The van der Waals surface area contributed by atoms with E-state index in [1.807, 2.05) is 19.9 Å². The summed E-state index contributed by atoms with van der Waals surface area (Å²) in [5.41, 5.74) is 5.27. The van der Waals surface area contributed by atoms with E-state index in [1.165, 1.54) is 18.3 Å². The highest BCUT2D eigenvalue weighted by atomic mass is 16.3. The normalized spacial score (nSPS) is 10.5. The van der Waals surface area contributed by atoms with Crippen LogP contribution in [-0.4, -0.2) is 23.1 Å². The molecule has 0 bridgehead atoms. The average molecular weight is 311 g/mol. The number of aryl methyl sites for hydroxylation is 2. The molecule has 0 aliphatic carbocycles. The van der Waals surface area contributed by atoms with Crippen LogP contribution in [-0.2, 0) is 9.59 Å². The maximum Gasteiger partial charge on any atom is 0.329 e. The molecule has 23 heavy (non-hydrogen) atoms. The zero-order valence-electron chi connectivity index (χ0n) is 12.8. The Morgan fingerprint density at radius 2 is 1.74 bits per heavy atom. The van der Waals surface area contributed by atoms with Crippen molar-refractivity contribution in [2.45, 2.75) is 13.8 Å². The van der Waals surface area contributed by atoms with Crippen molar-refractivity contribution in [2.75, 3.05) is 5.32 Å². The number of hydrogen-bond acceptors (Lipinski definition) is 4. The molecule has 118 valence electrons. The van der Waals surface area contributed by atoms with Crippen molar-refractivity contribution in [1.82, 2.24) is 5.43 Å². The van der Waals surface area contributed by atoms with Crippen molar-refractivity contribution in [3.05, 3.63) is 59.2 Å². The van der Waals surface area contributed by atoms with Gasteiger partial charge in [0.25, 0.3) is 0 Å². The van der Waals surface area contributed by atoms with E-state index in [1.54, 1.807) is 24.3 Å². The fourth-order valence-corrected chi connectivity index (χ4v) is 2.06. The number of nitrogens with zero attached hydrogens (tertiary/aromatic N) is 1. The first-order valence-corrected chi connectivity index (χ1v) is 6.96. The summed E-state index contributed by atoms with van der Waals surface area (Å²) in [6.45, 7) is 3.81. The number of rotatable bonds is 3. The van der Waals surface area contributed by atoms with Gasteiger partial charge in [0.15, 0.2) is 0 Å². The smallest absolute Gasteiger partial charge is 0.329 e. The number of hydrogen-bond donors (Lipinski definition) is 3. The molecule has 0 unspecified atom stereocenters. The molecule has 0 aromatic heterocycles. The summed E-state index contributed by atoms with van der Waals surface area (Å²) in [5.74, 6) is -1.59. The van der Waals surface area contributed by atoms with E-state index >= 15 is 0 Å². The molecule has 2 aromatic carbocycles. The molecule has 0 radical (unpaired) electrons. The molecule has 0 heterocycles. The largest absolute Gasteiger partial charge is 0.508 e. The number of amides is 2. The monoisotopic (exact) mass is 311 g/mol. The van der Waals surface area contributed by atoms with Gasteiger partial charge in [0, 0.05) is 5.69 Å². The Hall–Kier alpha value is -3.15. The van der Waals surface area contributed by atoms with E-state index in [9.17, 15) is 14.7 Å². The molecular formula is C17H17N3O3. The zero-order valence-corrected chi connectivity index (χ0v) is 12.8. The van der Waals surface area contributed by atoms with Crippen LogP contribution in [0.4, 0.5) is 5.69 Å². The average Bonchev–Trinajstić information content (AvgIpc) is 2.46. The number of carbonyl (C=O) groups excluding carboxylic acids is 2. The lowest BCUT2D eigenvalue weighted by Crippen LogP contribution is -2.32. The number of benzene rings is 2. The van der Waals surface area contributed by atoms with Gasteiger partial charge in [0.1, 0.15) is 5.75 Å². The zero-order chi connectivity index (χ0) is 16.8. The molecule has 6 heteroatoms. The summed E-state index contributed by atoms with van der Waals surface area (Å²) in [6, 6.07) is 11.9. The fourth-order valence-electron chi connectivity index (χ4n) is 2.06. The quantitative estimate of drug-likeness (QED) is 0.460. The van der Waals surface area contributed by atoms with Gasteiger partial charge in [-0.2, -0.15) is 5.10 Å². The first-order chi connectivity index (χ1) is 10.9. The Kier molecular flexibility index (Phi) is 5.09. The van der Waals surface area contributed by atoms with Crippen LogP contribution in [0.25, 0.3) is 0 Å². The molecule has 2 rings (SSSR count). The summed E-state index contributed by atoms with van der Waals surface area (Å²) >= 11 is 0. The van der Waals surface area contributed by atoms with E-state index in [0.29, 0.717) is 11.3 Å². The van der Waals surface area contributed by atoms with Crippen LogP contribution in [0.3, 0.4) is 0 Å². The van der Waals surface area contributed by atoms with Crippen molar-refractivity contribution in [3.8, 4) is 5.75 Å². The second-order valence-electron chi connectivity index (χ2n) is 5.12. The Bertz CT molecular complexity index is 749. The van der Waals surface area contributed by atoms with E-state index in [4.69, 9.17) is 0 Å². The highest BCUT2D eigenvalue weighted by Gasteiger charge is 2.13. The molecule has 0 saturated carbocycles. The summed E-state index contributed by atoms with van der Waals surface area (Å²) < 4.78 is 0. The van der Waals surface area contributed by atoms with Crippen molar-refractivity contribution in [2.24, 2.45) is 5.10 Å². The van der Waals surface area contributed by atoms with Crippen molar-refractivity contribution < 1.29 is 14.7 Å². The predicted molar refractivity (Wildman–Crippen MR) is 88.4 cm³/mol. The molecule has 0 aliphatic rings. The van der Waals surface area contributed by atoms with E-state index in [0.717, 1.165) is 11.1 Å². The Morgan fingerprint density at radius 3 is 2.39 bits per heavy atom. The van der Waals surface area contributed by atoms with Crippen molar-refractivity contribution in [1.29, 1.82) is 0 Å². The molecule has 0 spiro atoms.